The maximum atomic E-state index is 12.2. The molecule has 1 aliphatic carbocycles. The van der Waals surface area contributed by atoms with Gasteiger partial charge in [0.15, 0.2) is 5.78 Å². The fraction of sp³-hybridized carbons (Fsp3) is 0.333. The topological polar surface area (TPSA) is 55.4 Å². The van der Waals surface area contributed by atoms with E-state index < -0.39 is 0 Å². The van der Waals surface area contributed by atoms with Crippen LogP contribution in [0.4, 0.5) is 0 Å². The van der Waals surface area contributed by atoms with E-state index in [4.69, 9.17) is 4.74 Å². The molecule has 1 atom stereocenters. The first-order valence-corrected chi connectivity index (χ1v) is 8.80. The number of nitrogens with one attached hydrogen (secondary N) is 1. The van der Waals surface area contributed by atoms with Crippen molar-refractivity contribution >= 4 is 11.7 Å². The van der Waals surface area contributed by atoms with E-state index >= 15 is 0 Å². The zero-order valence-electron chi connectivity index (χ0n) is 14.5. The number of amides is 1. The molecule has 1 amide bonds. The minimum atomic E-state index is -0.0685. The van der Waals surface area contributed by atoms with Crippen LogP contribution in [0.2, 0.25) is 0 Å². The van der Waals surface area contributed by atoms with E-state index in [0.717, 1.165) is 18.6 Å². The lowest BCUT2D eigenvalue weighted by Crippen LogP contribution is -2.27. The van der Waals surface area contributed by atoms with Gasteiger partial charge in [-0.1, -0.05) is 24.3 Å². The third kappa shape index (κ3) is 4.27. The second kappa shape index (κ2) is 7.97. The van der Waals surface area contributed by atoms with Gasteiger partial charge in [0.1, 0.15) is 5.75 Å². The summed E-state index contributed by atoms with van der Waals surface area (Å²) in [6.45, 7) is 2.51. The van der Waals surface area contributed by atoms with E-state index in [9.17, 15) is 9.59 Å². The molecular weight excluding hydrogens is 314 g/mol. The Morgan fingerprint density at radius 2 is 1.84 bits per heavy atom. The van der Waals surface area contributed by atoms with Crippen LogP contribution in [0.15, 0.2) is 48.5 Å². The summed E-state index contributed by atoms with van der Waals surface area (Å²) in [5.74, 6) is 0.655. The van der Waals surface area contributed by atoms with Crippen LogP contribution < -0.4 is 10.1 Å². The fourth-order valence-electron chi connectivity index (χ4n) is 3.25. The molecule has 2 aromatic rings. The highest BCUT2D eigenvalue weighted by atomic mass is 16.5. The minimum absolute atomic E-state index is 0.0231. The Bertz CT molecular complexity index is 752. The smallest absolute Gasteiger partial charge is 0.220 e. The quantitative estimate of drug-likeness (QED) is 0.781. The first kappa shape index (κ1) is 17.2. The van der Waals surface area contributed by atoms with Crippen LogP contribution >= 0.6 is 0 Å². The number of hydrogen-bond acceptors (Lipinski definition) is 3. The van der Waals surface area contributed by atoms with Gasteiger partial charge in [-0.15, -0.1) is 0 Å². The van der Waals surface area contributed by atoms with Gasteiger partial charge in [0, 0.05) is 18.4 Å². The summed E-state index contributed by atoms with van der Waals surface area (Å²) in [4.78, 5) is 24.4. The number of benzene rings is 2. The van der Waals surface area contributed by atoms with Crippen molar-refractivity contribution in [3.05, 3.63) is 65.2 Å². The number of ether oxygens (including phenoxy) is 1. The first-order chi connectivity index (χ1) is 12.2. The Labute approximate surface area is 148 Å². The van der Waals surface area contributed by atoms with E-state index in [1.807, 2.05) is 19.1 Å². The van der Waals surface area contributed by atoms with Crippen molar-refractivity contribution in [2.75, 3.05) is 6.61 Å². The molecule has 0 heterocycles. The number of ketones is 1. The summed E-state index contributed by atoms with van der Waals surface area (Å²) in [5.41, 5.74) is 3.12. The van der Waals surface area contributed by atoms with Crippen molar-refractivity contribution in [1.82, 2.24) is 5.32 Å². The second-order valence-electron chi connectivity index (χ2n) is 6.24. The Morgan fingerprint density at radius 1 is 1.08 bits per heavy atom. The molecule has 4 heteroatoms. The molecule has 0 bridgehead atoms. The van der Waals surface area contributed by atoms with Gasteiger partial charge in [0.05, 0.1) is 12.6 Å². The molecule has 3 rings (SSSR count). The van der Waals surface area contributed by atoms with Crippen LogP contribution in [-0.2, 0) is 11.2 Å². The average Bonchev–Trinajstić information content (AvgIpc) is 3.04. The van der Waals surface area contributed by atoms with Crippen LogP contribution in [0, 0.1) is 0 Å². The van der Waals surface area contributed by atoms with Crippen LogP contribution in [-0.4, -0.2) is 18.3 Å². The molecule has 0 saturated carbocycles. The van der Waals surface area contributed by atoms with Crippen molar-refractivity contribution in [1.29, 1.82) is 0 Å². The van der Waals surface area contributed by atoms with Gasteiger partial charge in [-0.05, 0) is 55.2 Å². The number of hydrogen-bond donors (Lipinski definition) is 1. The normalized spacial score (nSPS) is 15.5. The molecule has 0 spiro atoms. The molecule has 1 aliphatic rings. The van der Waals surface area contributed by atoms with Crippen molar-refractivity contribution < 1.29 is 14.3 Å². The molecular formula is C21H23NO3. The van der Waals surface area contributed by atoms with E-state index in [2.05, 4.69) is 17.4 Å². The molecule has 4 nitrogen and oxygen atoms in total. The molecule has 1 unspecified atom stereocenters. The summed E-state index contributed by atoms with van der Waals surface area (Å²) < 4.78 is 5.37. The van der Waals surface area contributed by atoms with Crippen LogP contribution in [0.25, 0.3) is 0 Å². The SMILES string of the molecule is CCOc1ccc(C(=O)CCC(=O)NC2CCc3ccccc32)cc1. The minimum Gasteiger partial charge on any atom is -0.494 e. The van der Waals surface area contributed by atoms with Crippen LogP contribution in [0.5, 0.6) is 5.75 Å². The number of aryl methyl sites for hydroxylation is 1. The zero-order valence-corrected chi connectivity index (χ0v) is 14.5. The van der Waals surface area contributed by atoms with E-state index in [1.54, 1.807) is 24.3 Å². The standard InChI is InChI=1S/C21H23NO3/c1-2-25-17-10-7-16(8-11-17)20(23)13-14-21(24)22-19-12-9-15-5-3-4-6-18(15)19/h3-8,10-11,19H,2,9,12-14H2,1H3,(H,22,24). The summed E-state index contributed by atoms with van der Waals surface area (Å²) in [6, 6.07) is 15.3. The monoisotopic (exact) mass is 337 g/mol. The van der Waals surface area contributed by atoms with Gasteiger partial charge >= 0.3 is 0 Å². The lowest BCUT2D eigenvalue weighted by Gasteiger charge is -2.14. The molecule has 0 saturated heterocycles. The Hall–Kier alpha value is -2.62. The largest absolute Gasteiger partial charge is 0.494 e. The van der Waals surface area contributed by atoms with Gasteiger partial charge in [0.2, 0.25) is 5.91 Å². The van der Waals surface area contributed by atoms with E-state index in [1.165, 1.54) is 11.1 Å². The summed E-state index contributed by atoms with van der Waals surface area (Å²) in [7, 11) is 0. The third-order valence-electron chi connectivity index (χ3n) is 4.53. The molecule has 1 N–H and O–H groups in total. The maximum Gasteiger partial charge on any atom is 0.220 e. The van der Waals surface area contributed by atoms with E-state index in [0.29, 0.717) is 12.2 Å². The van der Waals surface area contributed by atoms with Crippen LogP contribution in [0.1, 0.15) is 53.7 Å². The highest BCUT2D eigenvalue weighted by molar-refractivity contribution is 5.98. The van der Waals surface area contributed by atoms with Gasteiger partial charge in [0.25, 0.3) is 0 Å². The maximum absolute atomic E-state index is 12.2. The van der Waals surface area contributed by atoms with Gasteiger partial charge < -0.3 is 10.1 Å². The average molecular weight is 337 g/mol. The molecule has 0 radical (unpaired) electrons. The summed E-state index contributed by atoms with van der Waals surface area (Å²) in [6.07, 6.45) is 2.35. The Morgan fingerprint density at radius 3 is 2.60 bits per heavy atom. The molecule has 130 valence electrons. The van der Waals surface area contributed by atoms with Crippen molar-refractivity contribution in [2.45, 2.75) is 38.6 Å². The molecule has 2 aromatic carbocycles. The highest BCUT2D eigenvalue weighted by Crippen LogP contribution is 2.30. The number of carbonyl (C=O) groups is 2. The molecule has 0 aromatic heterocycles. The van der Waals surface area contributed by atoms with E-state index in [-0.39, 0.29) is 30.6 Å². The van der Waals surface area contributed by atoms with Gasteiger partial charge in [-0.25, -0.2) is 0 Å². The van der Waals surface area contributed by atoms with Crippen molar-refractivity contribution in [3.63, 3.8) is 0 Å². The first-order valence-electron chi connectivity index (χ1n) is 8.80. The predicted molar refractivity (Wildman–Crippen MR) is 96.8 cm³/mol. The lowest BCUT2D eigenvalue weighted by atomic mass is 10.1. The number of carbonyl (C=O) groups excluding carboxylic acids is 2. The van der Waals surface area contributed by atoms with Gasteiger partial charge in [-0.3, -0.25) is 9.59 Å². The lowest BCUT2D eigenvalue weighted by molar-refractivity contribution is -0.121. The fourth-order valence-corrected chi connectivity index (χ4v) is 3.25. The van der Waals surface area contributed by atoms with Crippen molar-refractivity contribution in [3.8, 4) is 5.75 Å². The zero-order chi connectivity index (χ0) is 17.6. The van der Waals surface area contributed by atoms with Crippen LogP contribution in [0.3, 0.4) is 0 Å². The molecule has 0 aliphatic heterocycles. The number of Topliss-reactive ketones (excluding diaryl/α,β-unsaturated/α-hetero) is 1. The van der Waals surface area contributed by atoms with Gasteiger partial charge in [-0.2, -0.15) is 0 Å². The summed E-state index contributed by atoms with van der Waals surface area (Å²) in [5, 5.41) is 3.06. The highest BCUT2D eigenvalue weighted by Gasteiger charge is 2.23. The van der Waals surface area contributed by atoms with Crippen molar-refractivity contribution in [2.24, 2.45) is 0 Å². The second-order valence-corrected chi connectivity index (χ2v) is 6.24. The summed E-state index contributed by atoms with van der Waals surface area (Å²) >= 11 is 0. The number of fused-ring (bicyclic) bond motifs is 1. The number of rotatable bonds is 7. The Kier molecular flexibility index (Phi) is 5.49. The Balaban J connectivity index is 1.50. The predicted octanol–water partition coefficient (Wildman–Crippen LogP) is 3.85. The molecule has 25 heavy (non-hydrogen) atoms. The molecule has 0 fully saturated rings. The third-order valence-corrected chi connectivity index (χ3v) is 4.53.